The van der Waals surface area contributed by atoms with Crippen molar-refractivity contribution in [2.24, 2.45) is 7.05 Å². The molecule has 1 aliphatic carbocycles. The van der Waals surface area contributed by atoms with Crippen LogP contribution in [0.25, 0.3) is 0 Å². The van der Waals surface area contributed by atoms with Gasteiger partial charge in [-0.2, -0.15) is 5.10 Å². The summed E-state index contributed by atoms with van der Waals surface area (Å²) in [7, 11) is 1.86. The number of nitrogens with zero attached hydrogens (tertiary/aromatic N) is 3. The molecule has 1 aromatic heterocycles. The maximum Gasteiger partial charge on any atom is 0.269 e. The molecule has 2 heterocycles. The molecule has 1 fully saturated rings. The minimum atomic E-state index is -0.0132. The molecule has 6 heteroatoms. The van der Waals surface area contributed by atoms with E-state index in [-0.39, 0.29) is 18.6 Å². The second kappa shape index (κ2) is 7.45. The Morgan fingerprint density at radius 3 is 2.96 bits per heavy atom. The molecule has 1 atom stereocenters. The first-order chi connectivity index (χ1) is 11.2. The highest BCUT2D eigenvalue weighted by Gasteiger charge is 2.24. The molecule has 1 amide bonds. The normalized spacial score (nSPS) is 21.9. The molecule has 0 saturated carbocycles. The number of aryl methyl sites for hydroxylation is 2. The molecule has 23 heavy (non-hydrogen) atoms. The maximum atomic E-state index is 12.6. The van der Waals surface area contributed by atoms with E-state index in [0.717, 1.165) is 55.7 Å². The van der Waals surface area contributed by atoms with E-state index in [1.807, 2.05) is 7.05 Å². The molecule has 2 N–H and O–H groups in total. The third-order valence-electron chi connectivity index (χ3n) is 5.18. The number of rotatable bonds is 5. The number of piperidine rings is 1. The van der Waals surface area contributed by atoms with Crippen LogP contribution in [0.2, 0.25) is 0 Å². The van der Waals surface area contributed by atoms with Gasteiger partial charge in [-0.1, -0.05) is 6.42 Å². The predicted molar refractivity (Wildman–Crippen MR) is 88.5 cm³/mol. The van der Waals surface area contributed by atoms with Crippen LogP contribution in [0.3, 0.4) is 0 Å². The Kier molecular flexibility index (Phi) is 5.33. The Morgan fingerprint density at radius 1 is 1.30 bits per heavy atom. The van der Waals surface area contributed by atoms with Gasteiger partial charge >= 0.3 is 0 Å². The molecule has 1 unspecified atom stereocenters. The van der Waals surface area contributed by atoms with Gasteiger partial charge in [-0.05, 0) is 45.1 Å². The molecule has 1 aromatic rings. The van der Waals surface area contributed by atoms with Crippen molar-refractivity contribution in [1.82, 2.24) is 20.0 Å². The first kappa shape index (κ1) is 16.5. The molecular formula is C17H28N4O2. The van der Waals surface area contributed by atoms with E-state index >= 15 is 0 Å². The topological polar surface area (TPSA) is 70.4 Å². The molecular weight excluding hydrogens is 292 g/mol. The van der Waals surface area contributed by atoms with Crippen LogP contribution in [0.15, 0.2) is 0 Å². The lowest BCUT2D eigenvalue weighted by Gasteiger charge is -2.34. The van der Waals surface area contributed by atoms with Crippen LogP contribution in [0.1, 0.15) is 53.8 Å². The highest BCUT2D eigenvalue weighted by atomic mass is 16.3. The average Bonchev–Trinajstić information content (AvgIpc) is 2.91. The molecule has 6 nitrogen and oxygen atoms in total. The van der Waals surface area contributed by atoms with Crippen LogP contribution in [0.5, 0.6) is 0 Å². The van der Waals surface area contributed by atoms with Crippen molar-refractivity contribution in [3.05, 3.63) is 17.0 Å². The summed E-state index contributed by atoms with van der Waals surface area (Å²) in [6, 6.07) is 0.255. The van der Waals surface area contributed by atoms with Gasteiger partial charge in [0.05, 0.1) is 12.3 Å². The zero-order chi connectivity index (χ0) is 16.2. The van der Waals surface area contributed by atoms with Crippen LogP contribution in [-0.4, -0.2) is 58.0 Å². The fourth-order valence-corrected chi connectivity index (χ4v) is 3.92. The van der Waals surface area contributed by atoms with Crippen molar-refractivity contribution in [2.75, 3.05) is 26.2 Å². The lowest BCUT2D eigenvalue weighted by molar-refractivity contribution is 0.0844. The zero-order valence-electron chi connectivity index (χ0n) is 14.1. The third kappa shape index (κ3) is 3.58. The summed E-state index contributed by atoms with van der Waals surface area (Å²) >= 11 is 0. The Balaban J connectivity index is 1.56. The van der Waals surface area contributed by atoms with Crippen molar-refractivity contribution in [2.45, 2.75) is 51.0 Å². The zero-order valence-corrected chi connectivity index (χ0v) is 14.1. The minimum Gasteiger partial charge on any atom is -0.395 e. The summed E-state index contributed by atoms with van der Waals surface area (Å²) in [6.07, 6.45) is 7.69. The van der Waals surface area contributed by atoms with Crippen molar-refractivity contribution in [1.29, 1.82) is 0 Å². The second-order valence-corrected chi connectivity index (χ2v) is 6.73. The van der Waals surface area contributed by atoms with Gasteiger partial charge in [-0.15, -0.1) is 0 Å². The van der Waals surface area contributed by atoms with Crippen LogP contribution in [0.4, 0.5) is 0 Å². The van der Waals surface area contributed by atoms with E-state index in [1.54, 1.807) is 4.68 Å². The molecule has 3 rings (SSSR count). The quantitative estimate of drug-likeness (QED) is 0.845. The monoisotopic (exact) mass is 320 g/mol. The van der Waals surface area contributed by atoms with E-state index in [4.69, 9.17) is 0 Å². The fourth-order valence-electron chi connectivity index (χ4n) is 3.92. The summed E-state index contributed by atoms with van der Waals surface area (Å²) in [5.74, 6) is -0.0132. The number of carbonyl (C=O) groups is 1. The Hall–Kier alpha value is -1.40. The van der Waals surface area contributed by atoms with Gasteiger partial charge in [0, 0.05) is 31.7 Å². The van der Waals surface area contributed by atoms with Crippen LogP contribution >= 0.6 is 0 Å². The summed E-state index contributed by atoms with van der Waals surface area (Å²) < 4.78 is 1.74. The number of likely N-dealkylation sites (tertiary alicyclic amines) is 1. The summed E-state index contributed by atoms with van der Waals surface area (Å²) in [6.45, 7) is 2.65. The van der Waals surface area contributed by atoms with E-state index in [0.29, 0.717) is 6.54 Å². The summed E-state index contributed by atoms with van der Waals surface area (Å²) in [4.78, 5) is 14.8. The molecule has 128 valence electrons. The van der Waals surface area contributed by atoms with Gasteiger partial charge in [-0.25, -0.2) is 0 Å². The number of aliphatic hydroxyl groups excluding tert-OH is 1. The van der Waals surface area contributed by atoms with E-state index in [2.05, 4.69) is 15.3 Å². The SMILES string of the molecule is Cn1nc2c(c1C(=O)NCCN1CCCCC1CO)CCCC2. The van der Waals surface area contributed by atoms with Crippen molar-refractivity contribution < 1.29 is 9.90 Å². The highest BCUT2D eigenvalue weighted by Crippen LogP contribution is 2.23. The summed E-state index contributed by atoms with van der Waals surface area (Å²) in [5, 5.41) is 17.0. The maximum absolute atomic E-state index is 12.6. The summed E-state index contributed by atoms with van der Waals surface area (Å²) in [5.41, 5.74) is 2.97. The number of fused-ring (bicyclic) bond motifs is 1. The molecule has 0 bridgehead atoms. The van der Waals surface area contributed by atoms with Crippen LogP contribution in [-0.2, 0) is 19.9 Å². The minimum absolute atomic E-state index is 0.0132. The smallest absolute Gasteiger partial charge is 0.269 e. The van der Waals surface area contributed by atoms with Gasteiger partial charge in [0.2, 0.25) is 0 Å². The molecule has 2 aliphatic rings. The van der Waals surface area contributed by atoms with Crippen molar-refractivity contribution >= 4 is 5.91 Å². The molecule has 0 radical (unpaired) electrons. The van der Waals surface area contributed by atoms with Crippen LogP contribution in [0, 0.1) is 0 Å². The largest absolute Gasteiger partial charge is 0.395 e. The van der Waals surface area contributed by atoms with Gasteiger partial charge < -0.3 is 10.4 Å². The third-order valence-corrected chi connectivity index (χ3v) is 5.18. The first-order valence-corrected chi connectivity index (χ1v) is 8.88. The molecule has 0 spiro atoms. The van der Waals surface area contributed by atoms with Crippen molar-refractivity contribution in [3.63, 3.8) is 0 Å². The predicted octanol–water partition coefficient (Wildman–Crippen LogP) is 0.876. The number of hydrogen-bond donors (Lipinski definition) is 2. The first-order valence-electron chi connectivity index (χ1n) is 8.88. The lowest BCUT2D eigenvalue weighted by atomic mass is 9.95. The van der Waals surface area contributed by atoms with Gasteiger partial charge in [0.1, 0.15) is 5.69 Å². The second-order valence-electron chi connectivity index (χ2n) is 6.73. The molecule has 1 aliphatic heterocycles. The molecule has 1 saturated heterocycles. The number of amides is 1. The number of nitrogens with one attached hydrogen (secondary N) is 1. The lowest BCUT2D eigenvalue weighted by Crippen LogP contribution is -2.45. The van der Waals surface area contributed by atoms with Crippen molar-refractivity contribution in [3.8, 4) is 0 Å². The Bertz CT molecular complexity index is 555. The average molecular weight is 320 g/mol. The number of aromatic nitrogens is 2. The number of hydrogen-bond acceptors (Lipinski definition) is 4. The number of carbonyl (C=O) groups excluding carboxylic acids is 1. The Labute approximate surface area is 137 Å². The van der Waals surface area contributed by atoms with Gasteiger partial charge in [-0.3, -0.25) is 14.4 Å². The number of aliphatic hydroxyl groups is 1. The standard InChI is InChI=1S/C17H28N4O2/c1-20-16(14-7-2-3-8-15(14)19-20)17(23)18-9-11-21-10-5-4-6-13(21)12-22/h13,22H,2-12H2,1H3,(H,18,23). The van der Waals surface area contributed by atoms with Gasteiger partial charge in [0.15, 0.2) is 0 Å². The van der Waals surface area contributed by atoms with E-state index in [1.165, 1.54) is 19.3 Å². The van der Waals surface area contributed by atoms with E-state index in [9.17, 15) is 9.90 Å². The van der Waals surface area contributed by atoms with Gasteiger partial charge in [0.25, 0.3) is 5.91 Å². The fraction of sp³-hybridized carbons (Fsp3) is 0.765. The Morgan fingerprint density at radius 2 is 2.13 bits per heavy atom. The van der Waals surface area contributed by atoms with Crippen LogP contribution < -0.4 is 5.32 Å². The highest BCUT2D eigenvalue weighted by molar-refractivity contribution is 5.94. The molecule has 0 aromatic carbocycles. The van der Waals surface area contributed by atoms with E-state index < -0.39 is 0 Å².